The van der Waals surface area contributed by atoms with E-state index in [0.29, 0.717) is 5.92 Å². The average Bonchev–Trinajstić information content (AvgIpc) is 2.28. The van der Waals surface area contributed by atoms with E-state index < -0.39 is 0 Å². The van der Waals surface area contributed by atoms with E-state index in [0.717, 1.165) is 13.2 Å². The fourth-order valence-electron chi connectivity index (χ4n) is 2.46. The van der Waals surface area contributed by atoms with Gasteiger partial charge in [0.1, 0.15) is 0 Å². The maximum absolute atomic E-state index is 5.87. The molecule has 2 nitrogen and oxygen atoms in total. The first-order chi connectivity index (χ1) is 8.00. The van der Waals surface area contributed by atoms with Gasteiger partial charge in [0.15, 0.2) is 0 Å². The van der Waals surface area contributed by atoms with Gasteiger partial charge in [-0.3, -0.25) is 0 Å². The summed E-state index contributed by atoms with van der Waals surface area (Å²) >= 11 is 0. The van der Waals surface area contributed by atoms with Crippen LogP contribution in [0.15, 0.2) is 24.3 Å². The minimum atomic E-state index is -0.131. The topological polar surface area (TPSA) is 21.3 Å². The predicted molar refractivity (Wildman–Crippen MR) is 71.3 cm³/mol. The second kappa shape index (κ2) is 4.79. The van der Waals surface area contributed by atoms with Gasteiger partial charge in [0, 0.05) is 6.54 Å². The lowest BCUT2D eigenvalue weighted by molar-refractivity contribution is -0.0722. The van der Waals surface area contributed by atoms with Gasteiger partial charge in [0.2, 0.25) is 0 Å². The minimum Gasteiger partial charge on any atom is -0.372 e. The Kier molecular flexibility index (Phi) is 3.55. The minimum absolute atomic E-state index is 0.131. The number of rotatable bonds is 2. The van der Waals surface area contributed by atoms with Gasteiger partial charge < -0.3 is 10.1 Å². The molecule has 0 aliphatic carbocycles. The maximum Gasteiger partial charge on any atom is 0.0821 e. The lowest BCUT2D eigenvalue weighted by Gasteiger charge is -2.39. The molecule has 1 aromatic carbocycles. The van der Waals surface area contributed by atoms with Gasteiger partial charge in [-0.2, -0.15) is 0 Å². The van der Waals surface area contributed by atoms with Crippen molar-refractivity contribution in [1.82, 2.24) is 5.32 Å². The van der Waals surface area contributed by atoms with Crippen LogP contribution in [0.4, 0.5) is 0 Å². The lowest BCUT2D eigenvalue weighted by atomic mass is 9.88. The number of hydrogen-bond acceptors (Lipinski definition) is 2. The summed E-state index contributed by atoms with van der Waals surface area (Å²) < 4.78 is 5.87. The van der Waals surface area contributed by atoms with Crippen molar-refractivity contribution in [2.75, 3.05) is 13.2 Å². The molecule has 2 heteroatoms. The first kappa shape index (κ1) is 12.6. The molecule has 1 aromatic rings. The Balaban J connectivity index is 2.29. The second-order valence-electron chi connectivity index (χ2n) is 5.66. The Hall–Kier alpha value is -0.860. The molecule has 1 heterocycles. The number of nitrogens with one attached hydrogen (secondary N) is 1. The molecule has 94 valence electrons. The molecule has 0 saturated carbocycles. The van der Waals surface area contributed by atoms with Crippen molar-refractivity contribution in [1.29, 1.82) is 0 Å². The third-order valence-electron chi connectivity index (χ3n) is 3.53. The molecule has 0 amide bonds. The molecule has 0 spiro atoms. The standard InChI is InChI=1S/C15H23NO/c1-11(2)12-6-5-7-13(10-12)14-15(3,4)17-9-8-16-14/h5-7,10-11,14,16H,8-9H2,1-4H3. The van der Waals surface area contributed by atoms with E-state index in [4.69, 9.17) is 4.74 Å². The van der Waals surface area contributed by atoms with E-state index in [1.807, 2.05) is 0 Å². The van der Waals surface area contributed by atoms with Crippen molar-refractivity contribution in [3.63, 3.8) is 0 Å². The maximum atomic E-state index is 5.87. The fourth-order valence-corrected chi connectivity index (χ4v) is 2.46. The Morgan fingerprint density at radius 1 is 1.35 bits per heavy atom. The lowest BCUT2D eigenvalue weighted by Crippen LogP contribution is -2.48. The Morgan fingerprint density at radius 3 is 2.76 bits per heavy atom. The number of benzene rings is 1. The third kappa shape index (κ3) is 2.70. The largest absolute Gasteiger partial charge is 0.372 e. The monoisotopic (exact) mass is 233 g/mol. The van der Waals surface area contributed by atoms with Crippen molar-refractivity contribution in [2.24, 2.45) is 0 Å². The van der Waals surface area contributed by atoms with Gasteiger partial charge in [0.05, 0.1) is 18.2 Å². The molecule has 17 heavy (non-hydrogen) atoms. The SMILES string of the molecule is CC(C)c1cccc(C2NCCOC2(C)C)c1. The zero-order valence-corrected chi connectivity index (χ0v) is 11.3. The molecule has 1 aliphatic rings. The Morgan fingerprint density at radius 2 is 2.12 bits per heavy atom. The van der Waals surface area contributed by atoms with E-state index >= 15 is 0 Å². The summed E-state index contributed by atoms with van der Waals surface area (Å²) in [5.74, 6) is 0.572. The fraction of sp³-hybridized carbons (Fsp3) is 0.600. The number of morpholine rings is 1. The van der Waals surface area contributed by atoms with Gasteiger partial charge in [-0.15, -0.1) is 0 Å². The highest BCUT2D eigenvalue weighted by molar-refractivity contribution is 5.29. The second-order valence-corrected chi connectivity index (χ2v) is 5.66. The molecule has 1 unspecified atom stereocenters. The number of hydrogen-bond donors (Lipinski definition) is 1. The van der Waals surface area contributed by atoms with E-state index in [1.54, 1.807) is 0 Å². The average molecular weight is 233 g/mol. The van der Waals surface area contributed by atoms with Crippen LogP contribution in [0.3, 0.4) is 0 Å². The summed E-state index contributed by atoms with van der Waals surface area (Å²) in [6.07, 6.45) is 0. The van der Waals surface area contributed by atoms with Crippen molar-refractivity contribution in [2.45, 2.75) is 45.3 Å². The molecular weight excluding hydrogens is 210 g/mol. The molecule has 1 N–H and O–H groups in total. The first-order valence-electron chi connectivity index (χ1n) is 6.48. The van der Waals surface area contributed by atoms with Crippen LogP contribution in [-0.4, -0.2) is 18.8 Å². The Bertz CT molecular complexity index is 384. The molecule has 0 radical (unpaired) electrons. The summed E-state index contributed by atoms with van der Waals surface area (Å²) in [7, 11) is 0. The van der Waals surface area contributed by atoms with Gasteiger partial charge in [0.25, 0.3) is 0 Å². The van der Waals surface area contributed by atoms with Crippen LogP contribution in [0, 0.1) is 0 Å². The molecule has 1 fully saturated rings. The van der Waals surface area contributed by atoms with Gasteiger partial charge in [-0.25, -0.2) is 0 Å². The Labute approximate surface area is 104 Å². The van der Waals surface area contributed by atoms with Gasteiger partial charge in [-0.05, 0) is 30.9 Å². The highest BCUT2D eigenvalue weighted by atomic mass is 16.5. The van der Waals surface area contributed by atoms with Crippen molar-refractivity contribution < 1.29 is 4.74 Å². The summed E-state index contributed by atoms with van der Waals surface area (Å²) in [4.78, 5) is 0. The van der Waals surface area contributed by atoms with E-state index in [9.17, 15) is 0 Å². The molecule has 1 atom stereocenters. The van der Waals surface area contributed by atoms with Gasteiger partial charge >= 0.3 is 0 Å². The van der Waals surface area contributed by atoms with Crippen molar-refractivity contribution in [3.05, 3.63) is 35.4 Å². The molecule has 0 aromatic heterocycles. The van der Waals surface area contributed by atoms with E-state index in [-0.39, 0.29) is 11.6 Å². The normalized spacial score (nSPS) is 23.9. The van der Waals surface area contributed by atoms with E-state index in [1.165, 1.54) is 11.1 Å². The predicted octanol–water partition coefficient (Wildman–Crippen LogP) is 3.25. The van der Waals surface area contributed by atoms with Crippen LogP contribution >= 0.6 is 0 Å². The molecular formula is C15H23NO. The van der Waals surface area contributed by atoms with Gasteiger partial charge in [-0.1, -0.05) is 38.1 Å². The number of ether oxygens (including phenoxy) is 1. The zero-order chi connectivity index (χ0) is 12.5. The quantitative estimate of drug-likeness (QED) is 0.846. The van der Waals surface area contributed by atoms with Crippen LogP contribution in [0.5, 0.6) is 0 Å². The smallest absolute Gasteiger partial charge is 0.0821 e. The summed E-state index contributed by atoms with van der Waals surface area (Å²) in [6.45, 7) is 10.5. The van der Waals surface area contributed by atoms with Crippen LogP contribution in [0.1, 0.15) is 50.8 Å². The summed E-state index contributed by atoms with van der Waals surface area (Å²) in [5, 5.41) is 3.57. The first-order valence-corrected chi connectivity index (χ1v) is 6.48. The van der Waals surface area contributed by atoms with Crippen LogP contribution < -0.4 is 5.32 Å². The van der Waals surface area contributed by atoms with Crippen molar-refractivity contribution in [3.8, 4) is 0 Å². The molecule has 0 bridgehead atoms. The van der Waals surface area contributed by atoms with Crippen LogP contribution in [-0.2, 0) is 4.74 Å². The van der Waals surface area contributed by atoms with Crippen LogP contribution in [0.25, 0.3) is 0 Å². The summed E-state index contributed by atoms with van der Waals surface area (Å²) in [5.41, 5.74) is 2.60. The highest BCUT2D eigenvalue weighted by Gasteiger charge is 2.34. The zero-order valence-electron chi connectivity index (χ0n) is 11.3. The van der Waals surface area contributed by atoms with Crippen LogP contribution in [0.2, 0.25) is 0 Å². The molecule has 1 aliphatic heterocycles. The van der Waals surface area contributed by atoms with E-state index in [2.05, 4.69) is 57.3 Å². The van der Waals surface area contributed by atoms with Crippen molar-refractivity contribution >= 4 is 0 Å². The summed E-state index contributed by atoms with van der Waals surface area (Å²) in [6, 6.07) is 9.13. The molecule has 1 saturated heterocycles. The third-order valence-corrected chi connectivity index (χ3v) is 3.53. The highest BCUT2D eigenvalue weighted by Crippen LogP contribution is 2.32. The molecule has 2 rings (SSSR count).